The first-order valence-electron chi connectivity index (χ1n) is 7.67. The molecular formula is C19H21ClN2O2. The van der Waals surface area contributed by atoms with Crippen molar-refractivity contribution in [2.45, 2.75) is 27.7 Å². The molecule has 0 unspecified atom stereocenters. The summed E-state index contributed by atoms with van der Waals surface area (Å²) in [5, 5.41) is 6.01. The molecule has 126 valence electrons. The Balaban J connectivity index is 2.18. The minimum Gasteiger partial charge on any atom is -0.325 e. The maximum atomic E-state index is 12.7. The zero-order valence-electron chi connectivity index (χ0n) is 14.2. The van der Waals surface area contributed by atoms with Gasteiger partial charge >= 0.3 is 0 Å². The number of aryl methyl sites for hydroxylation is 2. The maximum Gasteiger partial charge on any atom is 0.239 e. The molecule has 0 radical (unpaired) electrons. The molecule has 2 aromatic rings. The van der Waals surface area contributed by atoms with Crippen LogP contribution in [0, 0.1) is 19.3 Å². The van der Waals surface area contributed by atoms with E-state index < -0.39 is 11.3 Å². The highest BCUT2D eigenvalue weighted by Gasteiger charge is 2.36. The Labute approximate surface area is 147 Å². The minimum absolute atomic E-state index is 0.371. The monoisotopic (exact) mass is 344 g/mol. The SMILES string of the molecule is Cc1cccc(C)c1NC(=O)C(C)(C)C(=O)Nc1ccccc1Cl. The second-order valence-electron chi connectivity index (χ2n) is 6.28. The predicted octanol–water partition coefficient (Wildman–Crippen LogP) is 4.56. The van der Waals surface area contributed by atoms with E-state index >= 15 is 0 Å². The van der Waals surface area contributed by atoms with Gasteiger partial charge in [-0.15, -0.1) is 0 Å². The number of carbonyl (C=O) groups is 2. The minimum atomic E-state index is -1.26. The van der Waals surface area contributed by atoms with Crippen molar-refractivity contribution in [1.29, 1.82) is 0 Å². The lowest BCUT2D eigenvalue weighted by Crippen LogP contribution is -2.41. The summed E-state index contributed by atoms with van der Waals surface area (Å²) in [6, 6.07) is 12.7. The number of benzene rings is 2. The van der Waals surface area contributed by atoms with Crippen LogP contribution in [0.2, 0.25) is 5.02 Å². The number of halogens is 1. The van der Waals surface area contributed by atoms with Crippen molar-refractivity contribution in [2.75, 3.05) is 10.6 Å². The van der Waals surface area contributed by atoms with E-state index in [-0.39, 0.29) is 5.91 Å². The van der Waals surface area contributed by atoms with Gasteiger partial charge in [0.1, 0.15) is 5.41 Å². The predicted molar refractivity (Wildman–Crippen MR) is 98.4 cm³/mol. The summed E-state index contributed by atoms with van der Waals surface area (Å²) in [6.45, 7) is 7.00. The van der Waals surface area contributed by atoms with E-state index in [4.69, 9.17) is 11.6 Å². The van der Waals surface area contributed by atoms with Crippen LogP contribution in [0.5, 0.6) is 0 Å². The molecule has 0 heterocycles. The van der Waals surface area contributed by atoms with Crippen LogP contribution in [0.3, 0.4) is 0 Å². The van der Waals surface area contributed by atoms with E-state index in [1.54, 1.807) is 38.1 Å². The summed E-state index contributed by atoms with van der Waals surface area (Å²) in [5.74, 6) is -0.788. The fourth-order valence-corrected chi connectivity index (χ4v) is 2.41. The molecule has 0 bridgehead atoms. The van der Waals surface area contributed by atoms with Crippen LogP contribution in [-0.4, -0.2) is 11.8 Å². The average Bonchev–Trinajstić information content (AvgIpc) is 2.53. The standard InChI is InChI=1S/C19H21ClN2O2/c1-12-8-7-9-13(2)16(12)22-18(24)19(3,4)17(23)21-15-11-6-5-10-14(15)20/h5-11H,1-4H3,(H,21,23)(H,22,24). The first-order chi connectivity index (χ1) is 11.2. The Morgan fingerprint density at radius 2 is 1.42 bits per heavy atom. The van der Waals surface area contributed by atoms with Gasteiger partial charge in [0.15, 0.2) is 0 Å². The maximum absolute atomic E-state index is 12.7. The molecule has 0 fully saturated rings. The third kappa shape index (κ3) is 3.77. The lowest BCUT2D eigenvalue weighted by atomic mass is 9.90. The van der Waals surface area contributed by atoms with Gasteiger partial charge in [-0.05, 0) is 51.0 Å². The zero-order valence-corrected chi connectivity index (χ0v) is 15.0. The van der Waals surface area contributed by atoms with Gasteiger partial charge in [-0.1, -0.05) is 41.9 Å². The lowest BCUT2D eigenvalue weighted by molar-refractivity contribution is -0.135. The van der Waals surface area contributed by atoms with Gasteiger partial charge < -0.3 is 10.6 Å². The van der Waals surface area contributed by atoms with Gasteiger partial charge in [-0.3, -0.25) is 9.59 Å². The number of nitrogens with one attached hydrogen (secondary N) is 2. The molecule has 4 nitrogen and oxygen atoms in total. The van der Waals surface area contributed by atoms with E-state index in [9.17, 15) is 9.59 Å². The van der Waals surface area contributed by atoms with Gasteiger partial charge in [-0.2, -0.15) is 0 Å². The normalized spacial score (nSPS) is 11.0. The van der Waals surface area contributed by atoms with E-state index in [1.807, 2.05) is 32.0 Å². The van der Waals surface area contributed by atoms with Gasteiger partial charge in [0.2, 0.25) is 11.8 Å². The van der Waals surface area contributed by atoms with Gasteiger partial charge in [0, 0.05) is 5.69 Å². The number of amides is 2. The molecule has 2 rings (SSSR count). The number of hydrogen-bond donors (Lipinski definition) is 2. The van der Waals surface area contributed by atoms with Gasteiger partial charge in [0.25, 0.3) is 0 Å². The van der Waals surface area contributed by atoms with E-state index in [0.29, 0.717) is 10.7 Å². The highest BCUT2D eigenvalue weighted by atomic mass is 35.5. The van der Waals surface area contributed by atoms with Gasteiger partial charge in [0.05, 0.1) is 10.7 Å². The van der Waals surface area contributed by atoms with Crippen molar-refractivity contribution in [3.05, 3.63) is 58.6 Å². The van der Waals surface area contributed by atoms with Crippen LogP contribution in [0.4, 0.5) is 11.4 Å². The first-order valence-corrected chi connectivity index (χ1v) is 8.05. The third-order valence-electron chi connectivity index (χ3n) is 3.98. The molecule has 2 amide bonds. The Bertz CT molecular complexity index is 764. The van der Waals surface area contributed by atoms with Crippen molar-refractivity contribution >= 4 is 34.8 Å². The second kappa shape index (κ2) is 7.05. The number of hydrogen-bond acceptors (Lipinski definition) is 2. The molecule has 0 aliphatic heterocycles. The number of rotatable bonds is 4. The summed E-state index contributed by atoms with van der Waals surface area (Å²) < 4.78 is 0. The molecule has 2 aromatic carbocycles. The molecular weight excluding hydrogens is 324 g/mol. The lowest BCUT2D eigenvalue weighted by Gasteiger charge is -2.24. The Hall–Kier alpha value is -2.33. The fourth-order valence-electron chi connectivity index (χ4n) is 2.23. The van der Waals surface area contributed by atoms with E-state index in [2.05, 4.69) is 10.6 Å². The molecule has 0 aromatic heterocycles. The summed E-state index contributed by atoms with van der Waals surface area (Å²) in [6.07, 6.45) is 0. The average molecular weight is 345 g/mol. The molecule has 0 saturated carbocycles. The van der Waals surface area contributed by atoms with Crippen molar-refractivity contribution < 1.29 is 9.59 Å². The van der Waals surface area contributed by atoms with Crippen LogP contribution in [0.15, 0.2) is 42.5 Å². The van der Waals surface area contributed by atoms with Crippen LogP contribution >= 0.6 is 11.6 Å². The quantitative estimate of drug-likeness (QED) is 0.799. The summed E-state index contributed by atoms with van der Waals surface area (Å²) in [7, 11) is 0. The zero-order chi connectivity index (χ0) is 17.9. The number of para-hydroxylation sites is 2. The van der Waals surface area contributed by atoms with Crippen LogP contribution < -0.4 is 10.6 Å². The molecule has 0 aliphatic rings. The van der Waals surface area contributed by atoms with E-state index in [1.165, 1.54) is 0 Å². The Morgan fingerprint density at radius 1 is 0.875 bits per heavy atom. The van der Waals surface area contributed by atoms with Gasteiger partial charge in [-0.25, -0.2) is 0 Å². The molecule has 2 N–H and O–H groups in total. The van der Waals surface area contributed by atoms with Crippen LogP contribution in [0.1, 0.15) is 25.0 Å². The van der Waals surface area contributed by atoms with E-state index in [0.717, 1.165) is 16.8 Å². The van der Waals surface area contributed by atoms with Crippen molar-refractivity contribution in [3.8, 4) is 0 Å². The largest absolute Gasteiger partial charge is 0.325 e. The number of carbonyl (C=O) groups excluding carboxylic acids is 2. The summed E-state index contributed by atoms with van der Waals surface area (Å²) in [5.41, 5.74) is 1.86. The Kier molecular flexibility index (Phi) is 5.30. The smallest absolute Gasteiger partial charge is 0.239 e. The molecule has 5 heteroatoms. The van der Waals surface area contributed by atoms with Crippen LogP contribution in [-0.2, 0) is 9.59 Å². The van der Waals surface area contributed by atoms with Crippen molar-refractivity contribution in [3.63, 3.8) is 0 Å². The molecule has 0 saturated heterocycles. The van der Waals surface area contributed by atoms with Crippen LogP contribution in [0.25, 0.3) is 0 Å². The molecule has 0 spiro atoms. The van der Waals surface area contributed by atoms with Crippen molar-refractivity contribution in [1.82, 2.24) is 0 Å². The molecule has 24 heavy (non-hydrogen) atoms. The first kappa shape index (κ1) is 18.0. The third-order valence-corrected chi connectivity index (χ3v) is 4.31. The van der Waals surface area contributed by atoms with Crippen molar-refractivity contribution in [2.24, 2.45) is 5.41 Å². The number of anilines is 2. The topological polar surface area (TPSA) is 58.2 Å². The fraction of sp³-hybridized carbons (Fsp3) is 0.263. The molecule has 0 aliphatic carbocycles. The highest BCUT2D eigenvalue weighted by Crippen LogP contribution is 2.27. The highest BCUT2D eigenvalue weighted by molar-refractivity contribution is 6.34. The summed E-state index contributed by atoms with van der Waals surface area (Å²) >= 11 is 6.05. The second-order valence-corrected chi connectivity index (χ2v) is 6.69. The Morgan fingerprint density at radius 3 is 2.00 bits per heavy atom. The molecule has 0 atom stereocenters. The summed E-state index contributed by atoms with van der Waals surface area (Å²) in [4.78, 5) is 25.2.